The molecule has 1 aromatic heterocycles. The molecule has 0 atom stereocenters. The largest absolute Gasteiger partial charge is 0.353 e. The molecule has 27 heavy (non-hydrogen) atoms. The number of amides is 2. The Morgan fingerprint density at radius 3 is 2.26 bits per heavy atom. The standard InChI is InChI=1S/C21H33N3O2S/c1-14-17(27-20(22-14)21(2,3)4)19(26)24-12-10-16(11-13-24)23-18(25)15-8-6-5-7-9-15/h15-16H,5-13H2,1-4H3,(H,23,25). The van der Waals surface area contributed by atoms with Crippen molar-refractivity contribution in [2.75, 3.05) is 13.1 Å². The molecule has 3 rings (SSSR count). The summed E-state index contributed by atoms with van der Waals surface area (Å²) in [7, 11) is 0. The summed E-state index contributed by atoms with van der Waals surface area (Å²) in [6.45, 7) is 9.71. The summed E-state index contributed by atoms with van der Waals surface area (Å²) in [6, 6.07) is 0.205. The van der Waals surface area contributed by atoms with Gasteiger partial charge in [-0.25, -0.2) is 4.98 Å². The number of carbonyl (C=O) groups is 2. The number of hydrogen-bond acceptors (Lipinski definition) is 4. The lowest BCUT2D eigenvalue weighted by atomic mass is 9.88. The van der Waals surface area contributed by atoms with Crippen LogP contribution in [-0.4, -0.2) is 40.8 Å². The summed E-state index contributed by atoms with van der Waals surface area (Å²) in [4.78, 5) is 32.7. The van der Waals surface area contributed by atoms with Gasteiger partial charge in [-0.3, -0.25) is 9.59 Å². The molecular weight excluding hydrogens is 358 g/mol. The van der Waals surface area contributed by atoms with Crippen LogP contribution in [0.3, 0.4) is 0 Å². The van der Waals surface area contributed by atoms with Gasteiger partial charge in [0.05, 0.1) is 10.7 Å². The van der Waals surface area contributed by atoms with Crippen LogP contribution in [-0.2, 0) is 10.2 Å². The monoisotopic (exact) mass is 391 g/mol. The fraction of sp³-hybridized carbons (Fsp3) is 0.762. The predicted octanol–water partition coefficient (Wildman–Crippen LogP) is 4.05. The van der Waals surface area contributed by atoms with Gasteiger partial charge in [0.25, 0.3) is 5.91 Å². The first-order valence-corrected chi connectivity index (χ1v) is 11.1. The molecule has 6 heteroatoms. The van der Waals surface area contributed by atoms with Crippen molar-refractivity contribution < 1.29 is 9.59 Å². The number of nitrogens with one attached hydrogen (secondary N) is 1. The minimum absolute atomic E-state index is 0.0374. The summed E-state index contributed by atoms with van der Waals surface area (Å²) in [5, 5.41) is 4.25. The van der Waals surface area contributed by atoms with E-state index < -0.39 is 0 Å². The van der Waals surface area contributed by atoms with Crippen LogP contribution in [0.2, 0.25) is 0 Å². The molecule has 0 unspecified atom stereocenters. The van der Waals surface area contributed by atoms with E-state index in [1.807, 2.05) is 11.8 Å². The van der Waals surface area contributed by atoms with Gasteiger partial charge in [-0.2, -0.15) is 0 Å². The maximum atomic E-state index is 12.9. The van der Waals surface area contributed by atoms with E-state index in [1.54, 1.807) is 0 Å². The Bertz CT molecular complexity index is 678. The highest BCUT2D eigenvalue weighted by Gasteiger charge is 2.30. The molecule has 0 bridgehead atoms. The average molecular weight is 392 g/mol. The lowest BCUT2D eigenvalue weighted by Crippen LogP contribution is -2.48. The number of aromatic nitrogens is 1. The molecule has 1 aromatic rings. The quantitative estimate of drug-likeness (QED) is 0.845. The van der Waals surface area contributed by atoms with E-state index in [1.165, 1.54) is 30.6 Å². The van der Waals surface area contributed by atoms with Crippen LogP contribution in [0.15, 0.2) is 0 Å². The maximum absolute atomic E-state index is 12.9. The zero-order valence-corrected chi connectivity index (χ0v) is 18.0. The van der Waals surface area contributed by atoms with Gasteiger partial charge >= 0.3 is 0 Å². The van der Waals surface area contributed by atoms with Crippen molar-refractivity contribution in [2.24, 2.45) is 5.92 Å². The van der Waals surface area contributed by atoms with Gasteiger partial charge in [0.15, 0.2) is 0 Å². The molecular formula is C21H33N3O2S. The van der Waals surface area contributed by atoms with Gasteiger partial charge in [0, 0.05) is 30.5 Å². The lowest BCUT2D eigenvalue weighted by Gasteiger charge is -2.33. The Labute approximate surface area is 166 Å². The van der Waals surface area contributed by atoms with Crippen LogP contribution in [0.4, 0.5) is 0 Å². The van der Waals surface area contributed by atoms with Gasteiger partial charge in [0.2, 0.25) is 5.91 Å². The zero-order valence-electron chi connectivity index (χ0n) is 17.1. The highest BCUT2D eigenvalue weighted by Crippen LogP contribution is 2.30. The normalized spacial score (nSPS) is 19.9. The molecule has 1 saturated carbocycles. The number of thiazole rings is 1. The third kappa shape index (κ3) is 4.89. The van der Waals surface area contributed by atoms with Crippen molar-refractivity contribution in [3.8, 4) is 0 Å². The van der Waals surface area contributed by atoms with Crippen molar-refractivity contribution in [1.29, 1.82) is 0 Å². The summed E-state index contributed by atoms with van der Waals surface area (Å²) in [6.07, 6.45) is 7.36. The highest BCUT2D eigenvalue weighted by atomic mass is 32.1. The number of rotatable bonds is 3. The SMILES string of the molecule is Cc1nc(C(C)(C)C)sc1C(=O)N1CCC(NC(=O)C2CCCCC2)CC1. The van der Waals surface area contributed by atoms with Crippen molar-refractivity contribution in [1.82, 2.24) is 15.2 Å². The van der Waals surface area contributed by atoms with Crippen LogP contribution < -0.4 is 5.32 Å². The minimum Gasteiger partial charge on any atom is -0.353 e. The first-order chi connectivity index (χ1) is 12.8. The van der Waals surface area contributed by atoms with Gasteiger partial charge in [-0.1, -0.05) is 40.0 Å². The molecule has 2 amide bonds. The molecule has 1 aliphatic heterocycles. The van der Waals surface area contributed by atoms with E-state index in [4.69, 9.17) is 0 Å². The Kier molecular flexibility index (Phi) is 6.24. The number of hydrogen-bond donors (Lipinski definition) is 1. The molecule has 1 N–H and O–H groups in total. The van der Waals surface area contributed by atoms with Gasteiger partial charge in [-0.05, 0) is 32.6 Å². The van der Waals surface area contributed by atoms with Crippen molar-refractivity contribution in [3.05, 3.63) is 15.6 Å². The number of likely N-dealkylation sites (tertiary alicyclic amines) is 1. The van der Waals surface area contributed by atoms with E-state index in [-0.39, 0.29) is 29.2 Å². The summed E-state index contributed by atoms with van der Waals surface area (Å²) >= 11 is 1.53. The maximum Gasteiger partial charge on any atom is 0.265 e. The Morgan fingerprint density at radius 1 is 1.07 bits per heavy atom. The number of nitrogens with zero attached hydrogens (tertiary/aromatic N) is 2. The molecule has 2 fully saturated rings. The van der Waals surface area contributed by atoms with E-state index >= 15 is 0 Å². The number of aryl methyl sites for hydroxylation is 1. The van der Waals surface area contributed by atoms with Crippen molar-refractivity contribution in [2.45, 2.75) is 84.1 Å². The number of piperidine rings is 1. The van der Waals surface area contributed by atoms with Crippen molar-refractivity contribution in [3.63, 3.8) is 0 Å². The second-order valence-electron chi connectivity index (χ2n) is 9.09. The Morgan fingerprint density at radius 2 is 1.70 bits per heavy atom. The second kappa shape index (κ2) is 8.29. The molecule has 1 aliphatic carbocycles. The molecule has 150 valence electrons. The van der Waals surface area contributed by atoms with Crippen LogP contribution in [0.1, 0.15) is 86.1 Å². The van der Waals surface area contributed by atoms with E-state index in [0.29, 0.717) is 13.1 Å². The molecule has 2 aliphatic rings. The lowest BCUT2D eigenvalue weighted by molar-refractivity contribution is -0.126. The fourth-order valence-electron chi connectivity index (χ4n) is 3.97. The van der Waals surface area contributed by atoms with E-state index in [9.17, 15) is 9.59 Å². The van der Waals surface area contributed by atoms with E-state index in [0.717, 1.165) is 41.3 Å². The van der Waals surface area contributed by atoms with Crippen LogP contribution >= 0.6 is 11.3 Å². The highest BCUT2D eigenvalue weighted by molar-refractivity contribution is 7.14. The van der Waals surface area contributed by atoms with Crippen LogP contribution in [0.25, 0.3) is 0 Å². The van der Waals surface area contributed by atoms with Crippen LogP contribution in [0, 0.1) is 12.8 Å². The van der Waals surface area contributed by atoms with Gasteiger partial charge in [-0.15, -0.1) is 11.3 Å². The molecule has 1 saturated heterocycles. The van der Waals surface area contributed by atoms with Crippen molar-refractivity contribution >= 4 is 23.2 Å². The summed E-state index contributed by atoms with van der Waals surface area (Å²) in [5.41, 5.74) is 0.798. The zero-order chi connectivity index (χ0) is 19.6. The smallest absolute Gasteiger partial charge is 0.265 e. The Hall–Kier alpha value is -1.43. The van der Waals surface area contributed by atoms with Gasteiger partial charge in [0.1, 0.15) is 4.88 Å². The third-order valence-corrected chi connectivity index (χ3v) is 7.31. The number of carbonyl (C=O) groups excluding carboxylic acids is 2. The molecule has 0 radical (unpaired) electrons. The molecule has 0 aromatic carbocycles. The molecule has 5 nitrogen and oxygen atoms in total. The summed E-state index contributed by atoms with van der Waals surface area (Å²) < 4.78 is 0. The Balaban J connectivity index is 1.53. The molecule has 2 heterocycles. The third-order valence-electron chi connectivity index (χ3n) is 5.74. The first kappa shape index (κ1) is 20.3. The van der Waals surface area contributed by atoms with Crippen LogP contribution in [0.5, 0.6) is 0 Å². The first-order valence-electron chi connectivity index (χ1n) is 10.3. The second-order valence-corrected chi connectivity index (χ2v) is 10.1. The average Bonchev–Trinajstić information content (AvgIpc) is 3.04. The molecule has 0 spiro atoms. The topological polar surface area (TPSA) is 62.3 Å². The summed E-state index contributed by atoms with van der Waals surface area (Å²) in [5.74, 6) is 0.527. The van der Waals surface area contributed by atoms with Gasteiger partial charge < -0.3 is 10.2 Å². The fourth-order valence-corrected chi connectivity index (χ4v) is 5.06. The van der Waals surface area contributed by atoms with E-state index in [2.05, 4.69) is 31.1 Å². The minimum atomic E-state index is -0.0374. The predicted molar refractivity (Wildman–Crippen MR) is 109 cm³/mol.